The molecule has 0 amide bonds. The van der Waals surface area contributed by atoms with Gasteiger partial charge in [0.05, 0.1) is 6.10 Å². The van der Waals surface area contributed by atoms with Gasteiger partial charge in [-0.3, -0.25) is 4.79 Å². The Morgan fingerprint density at radius 3 is 2.48 bits per heavy atom. The fraction of sp³-hybridized carbons (Fsp3) is 0.611. The fourth-order valence-corrected chi connectivity index (χ4v) is 2.32. The summed E-state index contributed by atoms with van der Waals surface area (Å²) < 4.78 is 23.1. The lowest BCUT2D eigenvalue weighted by Crippen LogP contribution is -2.37. The van der Waals surface area contributed by atoms with E-state index in [4.69, 9.17) is 9.47 Å². The molecule has 0 bridgehead atoms. The maximum atomic E-state index is 12.1. The number of hydrogen-bond acceptors (Lipinski definition) is 4. The first-order valence-corrected chi connectivity index (χ1v) is 8.17. The molecule has 5 heteroatoms. The number of likely N-dealkylation sites (N-methyl/N-ethyl adjacent to an activating group) is 1. The van der Waals surface area contributed by atoms with Gasteiger partial charge in [0.15, 0.2) is 0 Å². The lowest BCUT2D eigenvalue weighted by atomic mass is 10.1. The van der Waals surface area contributed by atoms with Crippen molar-refractivity contribution >= 4 is 5.97 Å². The third-order valence-electron chi connectivity index (χ3n) is 3.77. The summed E-state index contributed by atoms with van der Waals surface area (Å²) in [5, 5.41) is 2.95. The zero-order valence-electron chi connectivity index (χ0n) is 14.5. The van der Waals surface area contributed by atoms with Crippen LogP contribution in [0.25, 0.3) is 0 Å². The summed E-state index contributed by atoms with van der Waals surface area (Å²) in [7, 11) is 1.77. The van der Waals surface area contributed by atoms with E-state index in [1.54, 1.807) is 19.2 Å². The molecule has 0 radical (unpaired) electrons. The molecule has 2 rings (SSSR count). The van der Waals surface area contributed by atoms with Crippen LogP contribution in [0.2, 0.25) is 0 Å². The van der Waals surface area contributed by atoms with Gasteiger partial charge in [-0.25, -0.2) is 4.39 Å². The van der Waals surface area contributed by atoms with Crippen LogP contribution in [0, 0.1) is 12.7 Å². The molecule has 3 atom stereocenters. The van der Waals surface area contributed by atoms with Gasteiger partial charge in [-0.05, 0) is 45.9 Å². The van der Waals surface area contributed by atoms with E-state index in [0.29, 0.717) is 13.0 Å². The number of esters is 1. The first kappa shape index (κ1) is 19.6. The van der Waals surface area contributed by atoms with Crippen molar-refractivity contribution in [2.75, 3.05) is 13.7 Å². The molecule has 1 fully saturated rings. The van der Waals surface area contributed by atoms with E-state index in [9.17, 15) is 9.18 Å². The van der Waals surface area contributed by atoms with E-state index in [-0.39, 0.29) is 30.0 Å². The molecule has 1 heterocycles. The molecule has 1 aliphatic heterocycles. The number of halogens is 1. The molecule has 0 aromatic heterocycles. The van der Waals surface area contributed by atoms with E-state index < -0.39 is 0 Å². The highest BCUT2D eigenvalue weighted by molar-refractivity contribution is 5.75. The first-order chi connectivity index (χ1) is 11.0. The van der Waals surface area contributed by atoms with E-state index in [1.165, 1.54) is 12.1 Å². The minimum absolute atomic E-state index is 0.0589. The molecular formula is C18H28FNO3. The second-order valence-electron chi connectivity index (χ2n) is 5.81. The summed E-state index contributed by atoms with van der Waals surface area (Å²) in [6.07, 6.45) is 2.59. The van der Waals surface area contributed by atoms with Crippen LogP contribution in [0.5, 0.6) is 0 Å². The molecule has 0 aliphatic carbocycles. The van der Waals surface area contributed by atoms with Gasteiger partial charge in [-0.15, -0.1) is 0 Å². The summed E-state index contributed by atoms with van der Waals surface area (Å²) in [5.41, 5.74) is 1.09. The number of aryl methyl sites for hydroxylation is 1. The van der Waals surface area contributed by atoms with Crippen molar-refractivity contribution in [2.45, 2.75) is 58.3 Å². The van der Waals surface area contributed by atoms with Gasteiger partial charge in [-0.2, -0.15) is 0 Å². The van der Waals surface area contributed by atoms with Crippen LogP contribution >= 0.6 is 0 Å². The van der Waals surface area contributed by atoms with Crippen molar-refractivity contribution in [1.29, 1.82) is 0 Å². The van der Waals surface area contributed by atoms with Crippen molar-refractivity contribution in [3.05, 3.63) is 35.6 Å². The number of carbonyl (C=O) groups excluding carboxylic acids is 1. The predicted molar refractivity (Wildman–Crippen MR) is 88.8 cm³/mol. The van der Waals surface area contributed by atoms with Crippen LogP contribution in [0.3, 0.4) is 0 Å². The highest BCUT2D eigenvalue weighted by Crippen LogP contribution is 2.14. The van der Waals surface area contributed by atoms with Crippen molar-refractivity contribution in [3.8, 4) is 0 Å². The molecule has 2 unspecified atom stereocenters. The largest absolute Gasteiger partial charge is 0.461 e. The lowest BCUT2D eigenvalue weighted by Gasteiger charge is -2.18. The van der Waals surface area contributed by atoms with Gasteiger partial charge in [0.25, 0.3) is 0 Å². The number of hydrogen-bond donors (Lipinski definition) is 1. The second-order valence-corrected chi connectivity index (χ2v) is 5.81. The van der Waals surface area contributed by atoms with Crippen LogP contribution in [0.1, 0.15) is 38.7 Å². The zero-order chi connectivity index (χ0) is 17.2. The van der Waals surface area contributed by atoms with E-state index in [2.05, 4.69) is 12.2 Å². The Morgan fingerprint density at radius 2 is 1.96 bits per heavy atom. The summed E-state index contributed by atoms with van der Waals surface area (Å²) in [5.74, 6) is -0.332. The molecule has 0 spiro atoms. The summed E-state index contributed by atoms with van der Waals surface area (Å²) in [6, 6.07) is 6.16. The minimum atomic E-state index is -0.233. The Morgan fingerprint density at radius 1 is 1.30 bits per heavy atom. The highest BCUT2D eigenvalue weighted by Gasteiger charge is 2.24. The van der Waals surface area contributed by atoms with Crippen LogP contribution in [-0.4, -0.2) is 37.9 Å². The number of carbonyl (C=O) groups is 1. The molecular weight excluding hydrogens is 297 g/mol. The van der Waals surface area contributed by atoms with Gasteiger partial charge < -0.3 is 14.8 Å². The lowest BCUT2D eigenvalue weighted by molar-refractivity contribution is -0.151. The average Bonchev–Trinajstić information content (AvgIpc) is 2.59. The minimum Gasteiger partial charge on any atom is -0.461 e. The number of cyclic esters (lactones) is 1. The molecule has 4 nitrogen and oxygen atoms in total. The molecule has 130 valence electrons. The maximum Gasteiger partial charge on any atom is 0.323 e. The monoisotopic (exact) mass is 325 g/mol. The Kier molecular flexibility index (Phi) is 8.81. The predicted octanol–water partition coefficient (Wildman–Crippen LogP) is 3.23. The van der Waals surface area contributed by atoms with Gasteiger partial charge in [0.1, 0.15) is 18.0 Å². The molecule has 0 saturated carbocycles. The fourth-order valence-electron chi connectivity index (χ4n) is 2.32. The van der Waals surface area contributed by atoms with Crippen LogP contribution < -0.4 is 5.32 Å². The Labute approximate surface area is 138 Å². The first-order valence-electron chi connectivity index (χ1n) is 8.17. The van der Waals surface area contributed by atoms with Gasteiger partial charge in [0, 0.05) is 13.0 Å². The quantitative estimate of drug-likeness (QED) is 0.848. The Hall–Kier alpha value is -1.46. The molecule has 1 aromatic carbocycles. The molecule has 1 aliphatic rings. The van der Waals surface area contributed by atoms with Crippen molar-refractivity contribution < 1.29 is 18.7 Å². The van der Waals surface area contributed by atoms with Gasteiger partial charge in [-0.1, -0.05) is 24.6 Å². The SMILES string of the molecule is CCC1CC(C)OC(=O)[C@@H](NC)CCO1.Cc1ccc(F)cc1. The smallest absolute Gasteiger partial charge is 0.323 e. The number of benzene rings is 1. The molecule has 1 aromatic rings. The Balaban J connectivity index is 0.000000277. The number of rotatable bonds is 2. The molecule has 23 heavy (non-hydrogen) atoms. The van der Waals surface area contributed by atoms with Crippen molar-refractivity contribution in [1.82, 2.24) is 5.32 Å². The van der Waals surface area contributed by atoms with Gasteiger partial charge in [0.2, 0.25) is 0 Å². The van der Waals surface area contributed by atoms with E-state index in [1.807, 2.05) is 13.8 Å². The second kappa shape index (κ2) is 10.3. The maximum absolute atomic E-state index is 12.1. The third-order valence-corrected chi connectivity index (χ3v) is 3.77. The van der Waals surface area contributed by atoms with Gasteiger partial charge >= 0.3 is 5.97 Å². The van der Waals surface area contributed by atoms with E-state index in [0.717, 1.165) is 18.4 Å². The number of nitrogens with one attached hydrogen (secondary N) is 1. The average molecular weight is 325 g/mol. The van der Waals surface area contributed by atoms with E-state index >= 15 is 0 Å². The van der Waals surface area contributed by atoms with Crippen LogP contribution in [0.15, 0.2) is 24.3 Å². The zero-order valence-corrected chi connectivity index (χ0v) is 14.5. The summed E-state index contributed by atoms with van der Waals surface area (Å²) in [6.45, 7) is 6.56. The molecule has 1 saturated heterocycles. The van der Waals surface area contributed by atoms with Crippen molar-refractivity contribution in [2.24, 2.45) is 0 Å². The third kappa shape index (κ3) is 7.57. The Bertz CT molecular complexity index is 443. The van der Waals surface area contributed by atoms with Crippen molar-refractivity contribution in [3.63, 3.8) is 0 Å². The topological polar surface area (TPSA) is 47.6 Å². The van der Waals surface area contributed by atoms with Crippen LogP contribution in [0.4, 0.5) is 4.39 Å². The summed E-state index contributed by atoms with van der Waals surface area (Å²) in [4.78, 5) is 11.6. The summed E-state index contributed by atoms with van der Waals surface area (Å²) >= 11 is 0. The standard InChI is InChI=1S/C11H21NO3.C7H7F/c1-4-9-7-8(2)15-11(13)10(12-3)5-6-14-9;1-6-2-4-7(8)5-3-6/h8-10,12H,4-7H2,1-3H3;2-5H,1H3/t8?,9?,10-;/m0./s1. The highest BCUT2D eigenvalue weighted by atomic mass is 19.1. The normalized spacial score (nSPS) is 25.3. The number of ether oxygens (including phenoxy) is 2. The van der Waals surface area contributed by atoms with Crippen LogP contribution in [-0.2, 0) is 14.3 Å². The molecule has 1 N–H and O–H groups in total.